The van der Waals surface area contributed by atoms with Gasteiger partial charge in [0.1, 0.15) is 11.5 Å². The van der Waals surface area contributed by atoms with Crippen LogP contribution in [-0.2, 0) is 5.75 Å². The minimum atomic E-state index is 0.791. The molecule has 2 aromatic heterocycles. The van der Waals surface area contributed by atoms with Gasteiger partial charge in [-0.2, -0.15) is 0 Å². The van der Waals surface area contributed by atoms with Crippen LogP contribution in [0.25, 0.3) is 11.1 Å². The first-order valence-corrected chi connectivity index (χ1v) is 7.36. The van der Waals surface area contributed by atoms with Crippen molar-refractivity contribution in [2.45, 2.75) is 17.6 Å². The molecular formula is C16H14N2OS. The number of benzene rings is 1. The fourth-order valence-corrected chi connectivity index (χ4v) is 2.92. The summed E-state index contributed by atoms with van der Waals surface area (Å²) < 4.78 is 5.35. The second-order valence-corrected chi connectivity index (χ2v) is 5.45. The molecule has 0 aliphatic rings. The number of aryl methyl sites for hydroxylation is 1. The third-order valence-electron chi connectivity index (χ3n) is 3.02. The van der Waals surface area contributed by atoms with Crippen LogP contribution in [0, 0.1) is 6.92 Å². The van der Waals surface area contributed by atoms with Gasteiger partial charge in [0.2, 0.25) is 0 Å². The molecule has 3 nitrogen and oxygen atoms in total. The summed E-state index contributed by atoms with van der Waals surface area (Å²) in [6, 6.07) is 14.3. The number of pyridine rings is 1. The Kier molecular flexibility index (Phi) is 3.83. The predicted molar refractivity (Wildman–Crippen MR) is 80.5 cm³/mol. The lowest BCUT2D eigenvalue weighted by Gasteiger charge is -2.03. The van der Waals surface area contributed by atoms with Gasteiger partial charge in [0, 0.05) is 28.6 Å². The molecule has 20 heavy (non-hydrogen) atoms. The maximum Gasteiger partial charge on any atom is 0.141 e. The molecule has 0 radical (unpaired) electrons. The van der Waals surface area contributed by atoms with Crippen molar-refractivity contribution >= 4 is 11.8 Å². The van der Waals surface area contributed by atoms with Crippen LogP contribution >= 0.6 is 11.8 Å². The summed E-state index contributed by atoms with van der Waals surface area (Å²) in [5.41, 5.74) is 3.15. The number of thioether (sulfide) groups is 1. The molecule has 0 amide bonds. The lowest BCUT2D eigenvalue weighted by Crippen LogP contribution is -1.87. The van der Waals surface area contributed by atoms with E-state index in [2.05, 4.69) is 22.3 Å². The molecule has 0 fully saturated rings. The van der Waals surface area contributed by atoms with Gasteiger partial charge in [0.15, 0.2) is 0 Å². The smallest absolute Gasteiger partial charge is 0.141 e. The van der Waals surface area contributed by atoms with Gasteiger partial charge in [0.05, 0.1) is 0 Å². The molecule has 0 bridgehead atoms. The van der Waals surface area contributed by atoms with Gasteiger partial charge in [-0.05, 0) is 36.8 Å². The average molecular weight is 282 g/mol. The maximum absolute atomic E-state index is 5.35. The fourth-order valence-electron chi connectivity index (χ4n) is 2.07. The van der Waals surface area contributed by atoms with Crippen molar-refractivity contribution in [3.63, 3.8) is 0 Å². The highest BCUT2D eigenvalue weighted by Crippen LogP contribution is 2.31. The van der Waals surface area contributed by atoms with Crippen LogP contribution in [0.15, 0.2) is 64.3 Å². The van der Waals surface area contributed by atoms with E-state index in [9.17, 15) is 0 Å². The molecule has 3 aromatic rings. The highest BCUT2D eigenvalue weighted by atomic mass is 32.2. The van der Waals surface area contributed by atoms with E-state index in [0.29, 0.717) is 0 Å². The number of aromatic nitrogens is 2. The lowest BCUT2D eigenvalue weighted by atomic mass is 10.1. The molecule has 0 atom stereocenters. The van der Waals surface area contributed by atoms with Gasteiger partial charge in [-0.3, -0.25) is 4.98 Å². The van der Waals surface area contributed by atoms with E-state index in [1.54, 1.807) is 24.2 Å². The summed E-state index contributed by atoms with van der Waals surface area (Å²) in [5, 5.41) is 4.19. The van der Waals surface area contributed by atoms with E-state index in [0.717, 1.165) is 28.3 Å². The summed E-state index contributed by atoms with van der Waals surface area (Å²) in [4.78, 5) is 5.28. The topological polar surface area (TPSA) is 38.9 Å². The Morgan fingerprint density at radius 3 is 2.55 bits per heavy atom. The van der Waals surface area contributed by atoms with Gasteiger partial charge in [0.25, 0.3) is 0 Å². The maximum atomic E-state index is 5.35. The van der Waals surface area contributed by atoms with Crippen molar-refractivity contribution in [3.8, 4) is 11.1 Å². The van der Waals surface area contributed by atoms with Gasteiger partial charge in [-0.25, -0.2) is 0 Å². The Labute approximate surface area is 122 Å². The second-order valence-electron chi connectivity index (χ2n) is 4.40. The lowest BCUT2D eigenvalue weighted by molar-refractivity contribution is 0.393. The molecule has 1 aromatic carbocycles. The molecule has 0 saturated carbocycles. The van der Waals surface area contributed by atoms with Crippen LogP contribution in [0.4, 0.5) is 0 Å². The Morgan fingerprint density at radius 1 is 1.05 bits per heavy atom. The average Bonchev–Trinajstić information content (AvgIpc) is 2.88. The van der Waals surface area contributed by atoms with Gasteiger partial charge < -0.3 is 4.52 Å². The molecule has 0 spiro atoms. The molecule has 0 saturated heterocycles. The first kappa shape index (κ1) is 12.9. The minimum Gasteiger partial charge on any atom is -0.361 e. The molecule has 0 aliphatic carbocycles. The largest absolute Gasteiger partial charge is 0.361 e. The van der Waals surface area contributed by atoms with Crippen molar-refractivity contribution < 1.29 is 4.52 Å². The zero-order chi connectivity index (χ0) is 13.8. The van der Waals surface area contributed by atoms with E-state index in [-0.39, 0.29) is 0 Å². The molecule has 100 valence electrons. The first-order valence-electron chi connectivity index (χ1n) is 6.38. The molecule has 2 heterocycles. The Morgan fingerprint density at radius 2 is 1.80 bits per heavy atom. The zero-order valence-electron chi connectivity index (χ0n) is 11.1. The SMILES string of the molecule is Cc1onc(CSc2ccccc2)c1-c1ccncc1. The number of rotatable bonds is 4. The van der Waals surface area contributed by atoms with Crippen LogP contribution in [0.3, 0.4) is 0 Å². The second kappa shape index (κ2) is 5.92. The third-order valence-corrected chi connectivity index (χ3v) is 4.04. The van der Waals surface area contributed by atoms with E-state index in [4.69, 9.17) is 4.52 Å². The predicted octanol–water partition coefficient (Wildman–Crippen LogP) is 4.34. The molecule has 0 aliphatic heterocycles. The molecular weight excluding hydrogens is 268 g/mol. The summed E-state index contributed by atoms with van der Waals surface area (Å²) >= 11 is 1.76. The molecule has 0 unspecified atom stereocenters. The van der Waals surface area contributed by atoms with Crippen LogP contribution < -0.4 is 0 Å². The monoisotopic (exact) mass is 282 g/mol. The van der Waals surface area contributed by atoms with E-state index >= 15 is 0 Å². The van der Waals surface area contributed by atoms with Crippen LogP contribution in [-0.4, -0.2) is 10.1 Å². The summed E-state index contributed by atoms with van der Waals surface area (Å²) in [5.74, 6) is 1.64. The van der Waals surface area contributed by atoms with Crippen molar-refractivity contribution in [2.75, 3.05) is 0 Å². The van der Waals surface area contributed by atoms with Crippen LogP contribution in [0.5, 0.6) is 0 Å². The van der Waals surface area contributed by atoms with Crippen molar-refractivity contribution in [1.29, 1.82) is 0 Å². The zero-order valence-corrected chi connectivity index (χ0v) is 11.9. The standard InChI is InChI=1S/C16H14N2OS/c1-12-16(13-7-9-17-10-8-13)15(18-19-12)11-20-14-5-3-2-4-6-14/h2-10H,11H2,1H3. The van der Waals surface area contributed by atoms with E-state index in [1.807, 2.05) is 37.3 Å². The van der Waals surface area contributed by atoms with E-state index < -0.39 is 0 Å². The fraction of sp³-hybridized carbons (Fsp3) is 0.125. The van der Waals surface area contributed by atoms with Gasteiger partial charge >= 0.3 is 0 Å². The summed E-state index contributed by atoms with van der Waals surface area (Å²) in [6.45, 7) is 1.94. The van der Waals surface area contributed by atoms with Gasteiger partial charge in [-0.15, -0.1) is 11.8 Å². The van der Waals surface area contributed by atoms with Gasteiger partial charge in [-0.1, -0.05) is 23.4 Å². The number of nitrogens with zero attached hydrogens (tertiary/aromatic N) is 2. The Balaban J connectivity index is 1.85. The summed E-state index contributed by atoms with van der Waals surface area (Å²) in [7, 11) is 0. The normalized spacial score (nSPS) is 10.7. The highest BCUT2D eigenvalue weighted by Gasteiger charge is 2.14. The number of hydrogen-bond acceptors (Lipinski definition) is 4. The quantitative estimate of drug-likeness (QED) is 0.667. The first-order chi connectivity index (χ1) is 9.84. The Bertz CT molecular complexity index is 680. The molecule has 3 rings (SSSR count). The summed E-state index contributed by atoms with van der Waals surface area (Å²) in [6.07, 6.45) is 3.58. The van der Waals surface area contributed by atoms with E-state index in [1.165, 1.54) is 4.90 Å². The third kappa shape index (κ3) is 2.75. The van der Waals surface area contributed by atoms with Crippen LogP contribution in [0.1, 0.15) is 11.5 Å². The molecule has 4 heteroatoms. The van der Waals surface area contributed by atoms with Crippen LogP contribution in [0.2, 0.25) is 0 Å². The van der Waals surface area contributed by atoms with Crippen molar-refractivity contribution in [2.24, 2.45) is 0 Å². The van der Waals surface area contributed by atoms with Crippen molar-refractivity contribution in [1.82, 2.24) is 10.1 Å². The molecule has 0 N–H and O–H groups in total. The Hall–Kier alpha value is -2.07. The number of hydrogen-bond donors (Lipinski definition) is 0. The minimum absolute atomic E-state index is 0.791. The van der Waals surface area contributed by atoms with Crippen molar-refractivity contribution in [3.05, 3.63) is 66.3 Å². The highest BCUT2D eigenvalue weighted by molar-refractivity contribution is 7.98.